The number of nitrogens with one attached hydrogen (secondary N) is 1. The van der Waals surface area contributed by atoms with Gasteiger partial charge in [-0.25, -0.2) is 0 Å². The standard InChI is InChI=1S/C9H9NSe/c11-8-5-1-3-7-4-2-6-10-9(7)8/h1-2,4-6,9-10H,3H2. The molecule has 2 rings (SSSR count). The molecule has 1 atom stereocenters. The molecule has 2 aliphatic rings. The summed E-state index contributed by atoms with van der Waals surface area (Å²) in [6.07, 6.45) is 11.6. The summed E-state index contributed by atoms with van der Waals surface area (Å²) in [5.74, 6) is 0. The summed E-state index contributed by atoms with van der Waals surface area (Å²) in [5, 5.41) is 3.30. The first kappa shape index (κ1) is 7.08. The summed E-state index contributed by atoms with van der Waals surface area (Å²) < 4.78 is 1.28. The van der Waals surface area contributed by atoms with Gasteiger partial charge in [-0.05, 0) is 0 Å². The van der Waals surface area contributed by atoms with E-state index in [9.17, 15) is 0 Å². The Balaban J connectivity index is 2.34. The third kappa shape index (κ3) is 1.24. The van der Waals surface area contributed by atoms with Gasteiger partial charge in [-0.3, -0.25) is 0 Å². The van der Waals surface area contributed by atoms with Crippen LogP contribution >= 0.6 is 0 Å². The van der Waals surface area contributed by atoms with E-state index in [0.717, 1.165) is 6.42 Å². The second kappa shape index (κ2) is 2.80. The van der Waals surface area contributed by atoms with Crippen molar-refractivity contribution >= 4 is 20.0 Å². The molecule has 0 aromatic heterocycles. The number of allylic oxidation sites excluding steroid dienone is 3. The van der Waals surface area contributed by atoms with Gasteiger partial charge in [-0.15, -0.1) is 0 Å². The molecule has 0 aromatic carbocycles. The minimum atomic E-state index is 0.421. The molecule has 0 amide bonds. The van der Waals surface area contributed by atoms with Crippen LogP contribution in [0.2, 0.25) is 0 Å². The third-order valence-corrected chi connectivity index (χ3v) is 2.74. The van der Waals surface area contributed by atoms with Gasteiger partial charge in [0.25, 0.3) is 0 Å². The summed E-state index contributed by atoms with van der Waals surface area (Å²) in [6, 6.07) is 0.421. The van der Waals surface area contributed by atoms with Crippen LogP contribution in [0.1, 0.15) is 6.42 Å². The fraction of sp³-hybridized carbons (Fsp3) is 0.222. The summed E-state index contributed by atoms with van der Waals surface area (Å²) in [7, 11) is 0. The Labute approximate surface area is 74.2 Å². The molecule has 1 unspecified atom stereocenters. The van der Waals surface area contributed by atoms with E-state index >= 15 is 0 Å². The monoisotopic (exact) mass is 211 g/mol. The number of hydrogen-bond acceptors (Lipinski definition) is 1. The summed E-state index contributed by atoms with van der Waals surface area (Å²) in [6.45, 7) is 0. The number of rotatable bonds is 0. The molecular weight excluding hydrogens is 201 g/mol. The predicted molar refractivity (Wildman–Crippen MR) is 48.7 cm³/mol. The van der Waals surface area contributed by atoms with Crippen molar-refractivity contribution in [1.29, 1.82) is 0 Å². The van der Waals surface area contributed by atoms with Gasteiger partial charge in [0.2, 0.25) is 0 Å². The maximum atomic E-state index is 3.30. The Kier molecular flexibility index (Phi) is 1.80. The van der Waals surface area contributed by atoms with E-state index in [1.165, 1.54) is 9.99 Å². The van der Waals surface area contributed by atoms with Crippen molar-refractivity contribution in [2.75, 3.05) is 0 Å². The third-order valence-electron chi connectivity index (χ3n) is 1.96. The van der Waals surface area contributed by atoms with Crippen LogP contribution in [-0.4, -0.2) is 26.0 Å². The van der Waals surface area contributed by atoms with Crippen molar-refractivity contribution in [3.05, 3.63) is 36.1 Å². The van der Waals surface area contributed by atoms with Crippen LogP contribution in [-0.2, 0) is 0 Å². The molecule has 1 aliphatic carbocycles. The second-order valence-electron chi connectivity index (χ2n) is 2.71. The Morgan fingerprint density at radius 2 is 2.45 bits per heavy atom. The molecule has 0 radical (unpaired) electrons. The van der Waals surface area contributed by atoms with Gasteiger partial charge in [0.05, 0.1) is 0 Å². The second-order valence-corrected chi connectivity index (χ2v) is 3.70. The average molecular weight is 210 g/mol. The van der Waals surface area contributed by atoms with Gasteiger partial charge in [-0.2, -0.15) is 0 Å². The van der Waals surface area contributed by atoms with Crippen molar-refractivity contribution in [3.8, 4) is 0 Å². The zero-order valence-electron chi connectivity index (χ0n) is 6.08. The molecule has 0 aromatic rings. The zero-order valence-corrected chi connectivity index (χ0v) is 7.79. The zero-order chi connectivity index (χ0) is 7.68. The predicted octanol–water partition coefficient (Wildman–Crippen LogP) is 0.699. The van der Waals surface area contributed by atoms with Crippen LogP contribution in [0.25, 0.3) is 0 Å². The molecule has 11 heavy (non-hydrogen) atoms. The Hall–Kier alpha value is -0.591. The first-order valence-corrected chi connectivity index (χ1v) is 4.55. The quantitative estimate of drug-likeness (QED) is 0.580. The van der Waals surface area contributed by atoms with E-state index in [-0.39, 0.29) is 0 Å². The minimum absolute atomic E-state index is 0.421. The van der Waals surface area contributed by atoms with Crippen LogP contribution in [0.15, 0.2) is 36.1 Å². The number of dihydropyridines is 1. The van der Waals surface area contributed by atoms with Gasteiger partial charge in [0.15, 0.2) is 0 Å². The molecule has 1 nitrogen and oxygen atoms in total. The van der Waals surface area contributed by atoms with E-state index < -0.39 is 0 Å². The molecule has 1 aliphatic heterocycles. The van der Waals surface area contributed by atoms with Crippen LogP contribution in [0, 0.1) is 0 Å². The van der Waals surface area contributed by atoms with E-state index in [1.807, 2.05) is 6.20 Å². The van der Waals surface area contributed by atoms with Gasteiger partial charge < -0.3 is 0 Å². The molecule has 0 saturated carbocycles. The van der Waals surface area contributed by atoms with Crippen LogP contribution in [0.4, 0.5) is 0 Å². The van der Waals surface area contributed by atoms with Crippen molar-refractivity contribution in [1.82, 2.24) is 5.32 Å². The van der Waals surface area contributed by atoms with Gasteiger partial charge in [-0.1, -0.05) is 0 Å². The molecule has 0 bridgehead atoms. The summed E-state index contributed by atoms with van der Waals surface area (Å²) in [4.78, 5) is 0. The Bertz CT molecular complexity index is 273. The van der Waals surface area contributed by atoms with Gasteiger partial charge in [0.1, 0.15) is 0 Å². The van der Waals surface area contributed by atoms with Crippen LogP contribution in [0.5, 0.6) is 0 Å². The van der Waals surface area contributed by atoms with Gasteiger partial charge in [0, 0.05) is 0 Å². The number of fused-ring (bicyclic) bond motifs is 1. The van der Waals surface area contributed by atoms with E-state index in [4.69, 9.17) is 0 Å². The fourth-order valence-electron chi connectivity index (χ4n) is 1.38. The Morgan fingerprint density at radius 3 is 3.27 bits per heavy atom. The maximum absolute atomic E-state index is 3.30. The van der Waals surface area contributed by atoms with Crippen molar-refractivity contribution in [2.24, 2.45) is 0 Å². The Morgan fingerprint density at radius 1 is 1.55 bits per heavy atom. The van der Waals surface area contributed by atoms with E-state index in [2.05, 4.69) is 45.2 Å². The molecular formula is C9H9NSe. The average Bonchev–Trinajstić information content (AvgIpc) is 2.06. The van der Waals surface area contributed by atoms with Gasteiger partial charge >= 0.3 is 73.8 Å². The van der Waals surface area contributed by atoms with Crippen LogP contribution < -0.4 is 5.32 Å². The molecule has 0 saturated heterocycles. The van der Waals surface area contributed by atoms with Crippen molar-refractivity contribution in [3.63, 3.8) is 0 Å². The van der Waals surface area contributed by atoms with Crippen molar-refractivity contribution < 1.29 is 0 Å². The number of hydrogen-bond donors (Lipinski definition) is 1. The van der Waals surface area contributed by atoms with E-state index in [1.54, 1.807) is 0 Å². The van der Waals surface area contributed by atoms with Crippen molar-refractivity contribution in [2.45, 2.75) is 12.5 Å². The molecule has 1 N–H and O–H groups in total. The van der Waals surface area contributed by atoms with E-state index in [0.29, 0.717) is 6.04 Å². The normalized spacial score (nSPS) is 27.5. The summed E-state index contributed by atoms with van der Waals surface area (Å²) >= 11 is 3.07. The topological polar surface area (TPSA) is 12.0 Å². The molecule has 0 fully saturated rings. The van der Waals surface area contributed by atoms with Crippen LogP contribution in [0.3, 0.4) is 0 Å². The fourth-order valence-corrected chi connectivity index (χ4v) is 2.05. The summed E-state index contributed by atoms with van der Waals surface area (Å²) in [5.41, 5.74) is 1.45. The molecule has 56 valence electrons. The molecule has 1 heterocycles. The first-order chi connectivity index (χ1) is 5.38. The molecule has 0 spiro atoms. The first-order valence-electron chi connectivity index (χ1n) is 3.70. The SMILES string of the molecule is [Se]=C1C=CCC2=CC=CNC12. The molecule has 2 heteroatoms.